The quantitative estimate of drug-likeness (QED) is 0.921. The first kappa shape index (κ1) is 16.3. The molecule has 0 spiro atoms. The van der Waals surface area contributed by atoms with Gasteiger partial charge in [0.05, 0.1) is 17.0 Å². The van der Waals surface area contributed by atoms with E-state index in [0.717, 1.165) is 49.6 Å². The molecule has 7 heteroatoms. The Morgan fingerprint density at radius 3 is 2.96 bits per heavy atom. The third kappa shape index (κ3) is 3.67. The smallest absolute Gasteiger partial charge is 0.257 e. The molecule has 24 heavy (non-hydrogen) atoms. The van der Waals surface area contributed by atoms with Crippen molar-refractivity contribution in [1.29, 1.82) is 0 Å². The van der Waals surface area contributed by atoms with Gasteiger partial charge in [-0.2, -0.15) is 5.10 Å². The van der Waals surface area contributed by atoms with Gasteiger partial charge in [0.25, 0.3) is 5.91 Å². The Labute approximate surface area is 141 Å². The number of hydrogen-bond donors (Lipinski definition) is 1. The number of piperidine rings is 1. The first-order chi connectivity index (χ1) is 11.7. The molecule has 1 aliphatic rings. The van der Waals surface area contributed by atoms with Crippen LogP contribution in [0.1, 0.15) is 34.6 Å². The van der Waals surface area contributed by atoms with Crippen LogP contribution in [0, 0.1) is 12.8 Å². The van der Waals surface area contributed by atoms with Crippen molar-refractivity contribution in [3.05, 3.63) is 41.6 Å². The fraction of sp³-hybridized carbons (Fsp3) is 0.471. The molecule has 2 aromatic heterocycles. The molecule has 0 aromatic carbocycles. The van der Waals surface area contributed by atoms with Crippen LogP contribution >= 0.6 is 0 Å². The zero-order valence-electron chi connectivity index (χ0n) is 14.1. The molecule has 1 saturated heterocycles. The van der Waals surface area contributed by atoms with Crippen molar-refractivity contribution in [1.82, 2.24) is 25.1 Å². The molecule has 0 bridgehead atoms. The number of nitrogens with zero attached hydrogens (tertiary/aromatic N) is 5. The van der Waals surface area contributed by atoms with Gasteiger partial charge in [-0.05, 0) is 44.2 Å². The maximum absolute atomic E-state index is 12.7. The van der Waals surface area contributed by atoms with E-state index in [9.17, 15) is 4.79 Å². The van der Waals surface area contributed by atoms with E-state index >= 15 is 0 Å². The molecule has 1 atom stereocenters. The Bertz CT molecular complexity index is 702. The van der Waals surface area contributed by atoms with Crippen molar-refractivity contribution >= 4 is 11.7 Å². The van der Waals surface area contributed by atoms with Gasteiger partial charge in [0, 0.05) is 26.3 Å². The first-order valence-electron chi connectivity index (χ1n) is 8.23. The van der Waals surface area contributed by atoms with Crippen molar-refractivity contribution in [2.75, 3.05) is 25.5 Å². The Hall–Kier alpha value is -2.57. The predicted molar refractivity (Wildman–Crippen MR) is 90.7 cm³/mol. The lowest BCUT2D eigenvalue weighted by Gasteiger charge is -2.32. The predicted octanol–water partition coefficient (Wildman–Crippen LogP) is 1.71. The van der Waals surface area contributed by atoms with E-state index < -0.39 is 0 Å². The van der Waals surface area contributed by atoms with Gasteiger partial charge >= 0.3 is 0 Å². The third-order valence-electron chi connectivity index (χ3n) is 4.42. The van der Waals surface area contributed by atoms with E-state index in [4.69, 9.17) is 0 Å². The molecule has 2 aromatic rings. The summed E-state index contributed by atoms with van der Waals surface area (Å²) in [4.78, 5) is 22.7. The monoisotopic (exact) mass is 326 g/mol. The second-order valence-corrected chi connectivity index (χ2v) is 6.15. The summed E-state index contributed by atoms with van der Waals surface area (Å²) in [6.45, 7) is 3.37. The highest BCUT2D eigenvalue weighted by Gasteiger charge is 2.26. The second kappa shape index (κ2) is 7.33. The Morgan fingerprint density at radius 2 is 2.25 bits per heavy atom. The minimum absolute atomic E-state index is 0.0226. The molecule has 1 amide bonds. The van der Waals surface area contributed by atoms with E-state index in [1.165, 1.54) is 6.33 Å². The largest absolute Gasteiger partial charge is 0.372 e. The Balaban J connectivity index is 1.65. The van der Waals surface area contributed by atoms with E-state index in [1.807, 2.05) is 31.0 Å². The van der Waals surface area contributed by atoms with E-state index in [1.54, 1.807) is 6.20 Å². The molecule has 3 rings (SSSR count). The molecule has 0 saturated carbocycles. The summed E-state index contributed by atoms with van der Waals surface area (Å²) in [7, 11) is 1.82. The standard InChI is InChI=1S/C17H22N6O/c1-12-15(9-19-11-20-12)17(24)23-7-3-4-13(10-23)8-14-5-6-16(18-2)22-21-14/h5-6,9,11,13H,3-4,7-8,10H2,1-2H3,(H,18,22). The molecule has 1 N–H and O–H groups in total. The summed E-state index contributed by atoms with van der Waals surface area (Å²) in [5.41, 5.74) is 2.29. The van der Waals surface area contributed by atoms with Crippen LogP contribution in [0.4, 0.5) is 5.82 Å². The van der Waals surface area contributed by atoms with Crippen molar-refractivity contribution in [3.63, 3.8) is 0 Å². The molecule has 3 heterocycles. The topological polar surface area (TPSA) is 83.9 Å². The van der Waals surface area contributed by atoms with Crippen LogP contribution in [0.15, 0.2) is 24.7 Å². The molecule has 126 valence electrons. The van der Waals surface area contributed by atoms with Gasteiger partial charge in [0.15, 0.2) is 0 Å². The molecular weight excluding hydrogens is 304 g/mol. The molecular formula is C17H22N6O. The van der Waals surface area contributed by atoms with Gasteiger partial charge in [-0.3, -0.25) is 4.79 Å². The number of aryl methyl sites for hydroxylation is 1. The summed E-state index contributed by atoms with van der Waals surface area (Å²) in [6, 6.07) is 3.92. The van der Waals surface area contributed by atoms with Crippen molar-refractivity contribution in [2.45, 2.75) is 26.2 Å². The molecule has 7 nitrogen and oxygen atoms in total. The van der Waals surface area contributed by atoms with Crippen LogP contribution in [-0.2, 0) is 6.42 Å². The number of hydrogen-bond acceptors (Lipinski definition) is 6. The van der Waals surface area contributed by atoms with Gasteiger partial charge in [0.1, 0.15) is 12.1 Å². The number of rotatable bonds is 4. The number of anilines is 1. The molecule has 1 unspecified atom stereocenters. The average molecular weight is 326 g/mol. The fourth-order valence-electron chi connectivity index (χ4n) is 3.09. The highest BCUT2D eigenvalue weighted by molar-refractivity contribution is 5.94. The van der Waals surface area contributed by atoms with Gasteiger partial charge in [0.2, 0.25) is 0 Å². The van der Waals surface area contributed by atoms with Crippen molar-refractivity contribution < 1.29 is 4.79 Å². The van der Waals surface area contributed by atoms with Crippen LogP contribution in [0.2, 0.25) is 0 Å². The van der Waals surface area contributed by atoms with Crippen LogP contribution in [0.25, 0.3) is 0 Å². The van der Waals surface area contributed by atoms with Crippen LogP contribution in [0.3, 0.4) is 0 Å². The minimum Gasteiger partial charge on any atom is -0.372 e. The lowest BCUT2D eigenvalue weighted by molar-refractivity contribution is 0.0671. The molecule has 1 fully saturated rings. The van der Waals surface area contributed by atoms with Crippen molar-refractivity contribution in [2.24, 2.45) is 5.92 Å². The van der Waals surface area contributed by atoms with E-state index in [2.05, 4.69) is 25.5 Å². The number of likely N-dealkylation sites (tertiary alicyclic amines) is 1. The second-order valence-electron chi connectivity index (χ2n) is 6.15. The van der Waals surface area contributed by atoms with Gasteiger partial charge in [-0.15, -0.1) is 5.10 Å². The van der Waals surface area contributed by atoms with Crippen LogP contribution in [0.5, 0.6) is 0 Å². The summed E-state index contributed by atoms with van der Waals surface area (Å²) in [5.74, 6) is 1.19. The zero-order chi connectivity index (χ0) is 16.9. The summed E-state index contributed by atoms with van der Waals surface area (Å²) < 4.78 is 0. The van der Waals surface area contributed by atoms with Crippen LogP contribution < -0.4 is 5.32 Å². The lowest BCUT2D eigenvalue weighted by Crippen LogP contribution is -2.41. The minimum atomic E-state index is 0.0226. The summed E-state index contributed by atoms with van der Waals surface area (Å²) >= 11 is 0. The normalized spacial score (nSPS) is 17.6. The first-order valence-corrected chi connectivity index (χ1v) is 8.23. The fourth-order valence-corrected chi connectivity index (χ4v) is 3.09. The molecule has 0 radical (unpaired) electrons. The van der Waals surface area contributed by atoms with Gasteiger partial charge in [-0.25, -0.2) is 9.97 Å². The third-order valence-corrected chi connectivity index (χ3v) is 4.42. The number of aromatic nitrogens is 4. The Kier molecular flexibility index (Phi) is 4.98. The average Bonchev–Trinajstić information content (AvgIpc) is 2.62. The van der Waals surface area contributed by atoms with Crippen molar-refractivity contribution in [3.8, 4) is 0 Å². The summed E-state index contributed by atoms with van der Waals surface area (Å²) in [6.07, 6.45) is 6.02. The molecule has 0 aliphatic carbocycles. The number of nitrogens with one attached hydrogen (secondary N) is 1. The zero-order valence-corrected chi connectivity index (χ0v) is 14.1. The lowest BCUT2D eigenvalue weighted by atomic mass is 9.93. The highest BCUT2D eigenvalue weighted by atomic mass is 16.2. The maximum Gasteiger partial charge on any atom is 0.257 e. The number of amides is 1. The number of carbonyl (C=O) groups excluding carboxylic acids is 1. The maximum atomic E-state index is 12.7. The van der Waals surface area contributed by atoms with Gasteiger partial charge in [-0.1, -0.05) is 0 Å². The van der Waals surface area contributed by atoms with E-state index in [0.29, 0.717) is 11.5 Å². The van der Waals surface area contributed by atoms with Gasteiger partial charge < -0.3 is 10.2 Å². The SMILES string of the molecule is CNc1ccc(CC2CCCN(C(=O)c3cncnc3C)C2)nn1. The molecule has 1 aliphatic heterocycles. The van der Waals surface area contributed by atoms with E-state index in [-0.39, 0.29) is 5.91 Å². The van der Waals surface area contributed by atoms with Crippen LogP contribution in [-0.4, -0.2) is 51.1 Å². The summed E-state index contributed by atoms with van der Waals surface area (Å²) in [5, 5.41) is 11.3. The highest BCUT2D eigenvalue weighted by Crippen LogP contribution is 2.22. The number of carbonyl (C=O) groups is 1. The Morgan fingerprint density at radius 1 is 1.38 bits per heavy atom.